The Morgan fingerprint density at radius 3 is 2.94 bits per heavy atom. The van der Waals surface area contributed by atoms with Gasteiger partial charge in [-0.25, -0.2) is 4.79 Å². The number of carbonyl (C=O) groups excluding carboxylic acids is 1. The number of likely N-dealkylation sites (N-methyl/N-ethyl adjacent to an activating group) is 1. The minimum atomic E-state index is -0.607. The Morgan fingerprint density at radius 2 is 2.38 bits per heavy atom. The third-order valence-electron chi connectivity index (χ3n) is 2.00. The lowest BCUT2D eigenvalue weighted by Gasteiger charge is -2.17. The summed E-state index contributed by atoms with van der Waals surface area (Å²) in [5.41, 5.74) is 0.339. The van der Waals surface area contributed by atoms with E-state index in [-0.39, 0.29) is 0 Å². The fraction of sp³-hybridized carbons (Fsp3) is 0.455. The molecule has 5 heteroatoms. The number of aromatic nitrogens is 1. The van der Waals surface area contributed by atoms with Gasteiger partial charge in [0.05, 0.1) is 0 Å². The second-order valence-corrected chi connectivity index (χ2v) is 4.03. The first-order valence-corrected chi connectivity index (χ1v) is 5.49. The largest absolute Gasteiger partial charge is 0.430 e. The molecule has 0 aliphatic heterocycles. The van der Waals surface area contributed by atoms with Crippen LogP contribution in [0.2, 0.25) is 0 Å². The van der Waals surface area contributed by atoms with Gasteiger partial charge in [-0.3, -0.25) is 4.98 Å². The van der Waals surface area contributed by atoms with E-state index in [2.05, 4.69) is 4.98 Å². The average Bonchev–Trinajstić information content (AvgIpc) is 2.26. The molecule has 1 aromatic rings. The summed E-state index contributed by atoms with van der Waals surface area (Å²) >= 11 is 5.55. The van der Waals surface area contributed by atoms with Crippen molar-refractivity contribution in [1.29, 1.82) is 0 Å². The van der Waals surface area contributed by atoms with Crippen LogP contribution in [0, 0.1) is 0 Å². The van der Waals surface area contributed by atoms with E-state index < -0.39 is 11.7 Å². The molecule has 0 aliphatic rings. The van der Waals surface area contributed by atoms with Crippen molar-refractivity contribution in [2.75, 3.05) is 13.6 Å². The first-order chi connectivity index (χ1) is 7.59. The SMILES string of the molecule is CC(Cl)OC(=O)N(C)CCc1ccccn1. The topological polar surface area (TPSA) is 42.4 Å². The molecule has 1 amide bonds. The standard InChI is InChI=1S/C11H15ClN2O2/c1-9(12)16-11(15)14(2)8-6-10-5-3-4-7-13-10/h3-5,7,9H,6,8H2,1-2H3. The number of rotatable bonds is 4. The van der Waals surface area contributed by atoms with Crippen molar-refractivity contribution in [3.63, 3.8) is 0 Å². The van der Waals surface area contributed by atoms with Crippen molar-refractivity contribution >= 4 is 17.7 Å². The van der Waals surface area contributed by atoms with Gasteiger partial charge in [0.2, 0.25) is 0 Å². The summed E-state index contributed by atoms with van der Waals surface area (Å²) in [6.45, 7) is 2.16. The number of hydrogen-bond acceptors (Lipinski definition) is 3. The zero-order valence-electron chi connectivity index (χ0n) is 9.39. The molecule has 0 bridgehead atoms. The minimum Gasteiger partial charge on any atom is -0.430 e. The van der Waals surface area contributed by atoms with E-state index in [1.54, 1.807) is 20.2 Å². The van der Waals surface area contributed by atoms with Crippen LogP contribution in [0.25, 0.3) is 0 Å². The van der Waals surface area contributed by atoms with Crippen LogP contribution < -0.4 is 0 Å². The predicted molar refractivity (Wildman–Crippen MR) is 62.4 cm³/mol. The summed E-state index contributed by atoms with van der Waals surface area (Å²) in [5, 5.41) is 0. The van der Waals surface area contributed by atoms with Gasteiger partial charge in [-0.05, 0) is 19.1 Å². The summed E-state index contributed by atoms with van der Waals surface area (Å²) in [6.07, 6.45) is 2.01. The van der Waals surface area contributed by atoms with Crippen LogP contribution in [0.3, 0.4) is 0 Å². The number of pyridine rings is 1. The quantitative estimate of drug-likeness (QED) is 0.761. The zero-order chi connectivity index (χ0) is 12.0. The molecular formula is C11H15ClN2O2. The lowest BCUT2D eigenvalue weighted by molar-refractivity contribution is 0.104. The second kappa shape index (κ2) is 6.33. The van der Waals surface area contributed by atoms with E-state index in [4.69, 9.17) is 16.3 Å². The van der Waals surface area contributed by atoms with Gasteiger partial charge in [0, 0.05) is 31.9 Å². The van der Waals surface area contributed by atoms with Crippen molar-refractivity contribution in [3.8, 4) is 0 Å². The molecule has 1 unspecified atom stereocenters. The Labute approximate surface area is 100 Å². The first kappa shape index (κ1) is 12.8. The first-order valence-electron chi connectivity index (χ1n) is 5.05. The summed E-state index contributed by atoms with van der Waals surface area (Å²) in [7, 11) is 1.67. The molecule has 1 aromatic heterocycles. The Hall–Kier alpha value is -1.29. The van der Waals surface area contributed by atoms with Crippen molar-refractivity contribution in [3.05, 3.63) is 30.1 Å². The van der Waals surface area contributed by atoms with Gasteiger partial charge in [0.1, 0.15) is 0 Å². The maximum atomic E-state index is 11.4. The summed E-state index contributed by atoms with van der Waals surface area (Å²) < 4.78 is 4.83. The van der Waals surface area contributed by atoms with Crippen LogP contribution in [0.1, 0.15) is 12.6 Å². The molecule has 0 spiro atoms. The highest BCUT2D eigenvalue weighted by Crippen LogP contribution is 2.02. The van der Waals surface area contributed by atoms with Crippen LogP contribution in [0.15, 0.2) is 24.4 Å². The third-order valence-corrected chi connectivity index (χ3v) is 2.09. The summed E-state index contributed by atoms with van der Waals surface area (Å²) in [6, 6.07) is 5.70. The molecule has 0 aromatic carbocycles. The Kier molecular flexibility index (Phi) is 5.05. The van der Waals surface area contributed by atoms with Gasteiger partial charge in [0.25, 0.3) is 0 Å². The second-order valence-electron chi connectivity index (χ2n) is 3.42. The molecule has 0 radical (unpaired) electrons. The van der Waals surface area contributed by atoms with E-state index >= 15 is 0 Å². The Bertz CT molecular complexity index is 330. The average molecular weight is 243 g/mol. The van der Waals surface area contributed by atoms with Crippen LogP contribution in [-0.4, -0.2) is 35.1 Å². The molecule has 16 heavy (non-hydrogen) atoms. The number of halogens is 1. The highest BCUT2D eigenvalue weighted by Gasteiger charge is 2.12. The summed E-state index contributed by atoms with van der Waals surface area (Å²) in [5.74, 6) is 0. The van der Waals surface area contributed by atoms with Gasteiger partial charge in [0.15, 0.2) is 5.56 Å². The summed E-state index contributed by atoms with van der Waals surface area (Å²) in [4.78, 5) is 17.0. The van der Waals surface area contributed by atoms with Crippen molar-refractivity contribution in [2.24, 2.45) is 0 Å². The van der Waals surface area contributed by atoms with Crippen molar-refractivity contribution < 1.29 is 9.53 Å². The molecule has 0 saturated heterocycles. The molecule has 88 valence electrons. The Balaban J connectivity index is 2.35. The monoisotopic (exact) mass is 242 g/mol. The van der Waals surface area contributed by atoms with E-state index in [1.807, 2.05) is 18.2 Å². The maximum absolute atomic E-state index is 11.4. The number of ether oxygens (including phenoxy) is 1. The van der Waals surface area contributed by atoms with Crippen LogP contribution in [0.4, 0.5) is 4.79 Å². The minimum absolute atomic E-state index is 0.418. The molecule has 1 atom stereocenters. The van der Waals surface area contributed by atoms with E-state index in [0.29, 0.717) is 13.0 Å². The van der Waals surface area contributed by atoms with E-state index in [9.17, 15) is 4.79 Å². The lowest BCUT2D eigenvalue weighted by Crippen LogP contribution is -2.30. The number of amides is 1. The van der Waals surface area contributed by atoms with E-state index in [1.165, 1.54) is 4.90 Å². The fourth-order valence-corrected chi connectivity index (χ4v) is 1.22. The highest BCUT2D eigenvalue weighted by atomic mass is 35.5. The number of nitrogens with zero attached hydrogens (tertiary/aromatic N) is 2. The molecule has 0 N–H and O–H groups in total. The highest BCUT2D eigenvalue weighted by molar-refractivity contribution is 6.19. The van der Waals surface area contributed by atoms with Crippen molar-refractivity contribution in [1.82, 2.24) is 9.88 Å². The Morgan fingerprint density at radius 1 is 1.62 bits per heavy atom. The molecule has 1 rings (SSSR count). The van der Waals surface area contributed by atoms with Gasteiger partial charge < -0.3 is 9.64 Å². The maximum Gasteiger partial charge on any atom is 0.410 e. The number of carbonyl (C=O) groups is 1. The van der Waals surface area contributed by atoms with E-state index in [0.717, 1.165) is 5.69 Å². The van der Waals surface area contributed by atoms with Gasteiger partial charge in [-0.1, -0.05) is 17.7 Å². The molecule has 1 heterocycles. The van der Waals surface area contributed by atoms with Crippen LogP contribution in [0.5, 0.6) is 0 Å². The number of hydrogen-bond donors (Lipinski definition) is 0. The van der Waals surface area contributed by atoms with Gasteiger partial charge in [-0.15, -0.1) is 0 Å². The molecule has 0 saturated carbocycles. The molecule has 0 fully saturated rings. The van der Waals surface area contributed by atoms with Crippen LogP contribution in [-0.2, 0) is 11.2 Å². The normalized spacial score (nSPS) is 11.9. The molecule has 0 aliphatic carbocycles. The van der Waals surface area contributed by atoms with Crippen LogP contribution >= 0.6 is 11.6 Å². The van der Waals surface area contributed by atoms with Gasteiger partial charge >= 0.3 is 6.09 Å². The number of alkyl halides is 1. The predicted octanol–water partition coefficient (Wildman–Crippen LogP) is 2.28. The fourth-order valence-electron chi connectivity index (χ4n) is 1.15. The molecule has 4 nitrogen and oxygen atoms in total. The lowest BCUT2D eigenvalue weighted by atomic mass is 10.2. The smallest absolute Gasteiger partial charge is 0.410 e. The van der Waals surface area contributed by atoms with Crippen molar-refractivity contribution in [2.45, 2.75) is 18.9 Å². The zero-order valence-corrected chi connectivity index (χ0v) is 10.1. The third kappa shape index (κ3) is 4.49. The molecular weight excluding hydrogens is 228 g/mol. The van der Waals surface area contributed by atoms with Gasteiger partial charge in [-0.2, -0.15) is 0 Å².